The third-order valence-corrected chi connectivity index (χ3v) is 17.9. The fourth-order valence-corrected chi connectivity index (χ4v) is 13.7. The molecule has 9 heterocycles. The van der Waals surface area contributed by atoms with Gasteiger partial charge in [0, 0.05) is 26.7 Å². The number of ether oxygens (including phenoxy) is 5. The van der Waals surface area contributed by atoms with Crippen molar-refractivity contribution in [3.63, 3.8) is 0 Å². The normalized spacial score (nSPS) is 29.8. The van der Waals surface area contributed by atoms with Crippen LogP contribution in [0.5, 0.6) is 0 Å². The van der Waals surface area contributed by atoms with Gasteiger partial charge in [0.2, 0.25) is 17.7 Å². The Morgan fingerprint density at radius 3 is 2.03 bits per heavy atom. The minimum Gasteiger partial charge on any atom is -0.387 e. The van der Waals surface area contributed by atoms with Gasteiger partial charge in [0.05, 0.1) is 51.7 Å². The van der Waals surface area contributed by atoms with Crippen LogP contribution in [0.2, 0.25) is 0 Å². The number of aliphatic hydroxyl groups is 3. The summed E-state index contributed by atoms with van der Waals surface area (Å²) in [4.78, 5) is 96.8. The van der Waals surface area contributed by atoms with Gasteiger partial charge in [-0.3, -0.25) is 46.8 Å². The lowest BCUT2D eigenvalue weighted by molar-refractivity contribution is -0.745. The molecule has 4 unspecified atom stereocenters. The van der Waals surface area contributed by atoms with Crippen LogP contribution in [0, 0.1) is 5.92 Å². The Bertz CT molecular complexity index is 3530. The summed E-state index contributed by atoms with van der Waals surface area (Å²) in [7, 11) is -19.1. The van der Waals surface area contributed by atoms with E-state index in [-0.39, 0.29) is 64.2 Å². The summed E-state index contributed by atoms with van der Waals surface area (Å²) >= 11 is 0. The molecule has 16 N–H and O–H groups in total. The zero-order valence-corrected chi connectivity index (χ0v) is 44.0. The number of aromatic amines is 2. The lowest BCUT2D eigenvalue weighted by Crippen LogP contribution is -2.45. The maximum absolute atomic E-state index is 13.8. The highest BCUT2D eigenvalue weighted by Crippen LogP contribution is 2.68. The Hall–Kier alpha value is -5.15. The molecule has 3 aliphatic rings. The van der Waals surface area contributed by atoms with Gasteiger partial charge in [-0.05, 0) is 6.42 Å². The minimum atomic E-state index is -6.16. The Labute approximate surface area is 434 Å². The molecule has 428 valence electrons. The van der Waals surface area contributed by atoms with Crippen LogP contribution in [0.15, 0.2) is 34.9 Å². The molecule has 6 aromatic heterocycles. The fourth-order valence-electron chi connectivity index (χ4n) is 9.11. The Balaban J connectivity index is 0.871. The molecule has 0 aromatic carbocycles. The number of imidazole rings is 3. The molecular formula is C35H51N16O23P4+. The molecule has 0 spiro atoms. The van der Waals surface area contributed by atoms with E-state index in [9.17, 15) is 62.7 Å². The summed E-state index contributed by atoms with van der Waals surface area (Å²) in [6, 6.07) is -1.64. The number of aromatic nitrogens is 12. The van der Waals surface area contributed by atoms with Gasteiger partial charge in [-0.2, -0.15) is 13.6 Å². The van der Waals surface area contributed by atoms with E-state index in [1.165, 1.54) is 40.5 Å². The van der Waals surface area contributed by atoms with Gasteiger partial charge in [0.15, 0.2) is 41.4 Å². The fraction of sp³-hybridized carbons (Fsp3) is 0.571. The van der Waals surface area contributed by atoms with E-state index >= 15 is 0 Å². The van der Waals surface area contributed by atoms with Crippen LogP contribution in [-0.2, 0) is 71.2 Å². The lowest BCUT2D eigenvalue weighted by Gasteiger charge is -2.27. The van der Waals surface area contributed by atoms with Crippen molar-refractivity contribution in [2.45, 2.75) is 73.9 Å². The number of nitrogens with zero attached hydrogens (tertiary/aromatic N) is 10. The van der Waals surface area contributed by atoms with E-state index in [1.807, 2.05) is 0 Å². The van der Waals surface area contributed by atoms with Crippen molar-refractivity contribution in [3.8, 4) is 0 Å². The first-order valence-electron chi connectivity index (χ1n) is 22.6. The highest BCUT2D eigenvalue weighted by Gasteiger charge is 2.53. The molecular weight excluding hydrogens is 1140 g/mol. The number of phosphoric acid groups is 3. The smallest absolute Gasteiger partial charge is 0.387 e. The first kappa shape index (κ1) is 57.5. The van der Waals surface area contributed by atoms with Crippen LogP contribution in [0.25, 0.3) is 33.5 Å². The summed E-state index contributed by atoms with van der Waals surface area (Å²) < 4.78 is 111. The second-order valence-electron chi connectivity index (χ2n) is 17.6. The zero-order chi connectivity index (χ0) is 56.4. The molecule has 16 atom stereocenters. The van der Waals surface area contributed by atoms with Crippen LogP contribution in [0.3, 0.4) is 0 Å². The van der Waals surface area contributed by atoms with Crippen LogP contribution in [0.1, 0.15) is 25.1 Å². The molecule has 6 aromatic rings. The first-order valence-corrected chi connectivity index (χ1v) is 28.7. The summed E-state index contributed by atoms with van der Waals surface area (Å²) in [5.74, 6) is -1.56. The maximum atomic E-state index is 13.8. The third kappa shape index (κ3) is 11.7. The second-order valence-corrected chi connectivity index (χ2v) is 23.8. The van der Waals surface area contributed by atoms with Crippen LogP contribution in [0.4, 0.5) is 17.7 Å². The predicted octanol–water partition coefficient (Wildman–Crippen LogP) is -3.85. The standard InChI is InChI=1S/C35H50N16O23P4/c1-48-12-51(28-20(48)30(56)46-35(38)44-28)31-21(52)13(4-5-65-2)14(70-31)6-68-76(59,60)73-78(63,64)74-77(61,62)69-7-15-17(24(66-3)33(71-15)49-10-41-18-25(36)39-9-40-26(18)49)47-75(57,58)67-8-16-22(53)23(54)32(72-16)50-11-42-19-27(50)43-34(37)45-29(19)55/h9-17,21-24,31-33,52-54H,4-8H2,1-3H3,(H12-,36,37,38,39,40,43,44,45,46,47,55,56,57,58,59,60,61,62,63,64)/p+1/t13-,14-,15-,16-,17-,21-,22-,23-,24-,31-,32-,33-/m1/s1. The van der Waals surface area contributed by atoms with Crippen molar-refractivity contribution in [2.75, 3.05) is 57.8 Å². The molecule has 3 saturated heterocycles. The third-order valence-electron chi connectivity index (χ3n) is 12.5. The van der Waals surface area contributed by atoms with Crippen LogP contribution in [-0.4, -0.2) is 178 Å². The summed E-state index contributed by atoms with van der Waals surface area (Å²) in [6.07, 6.45) is -10.3. The first-order chi connectivity index (χ1) is 36.7. The maximum Gasteiger partial charge on any atom is 0.490 e. The Kier molecular flexibility index (Phi) is 16.3. The van der Waals surface area contributed by atoms with E-state index < -0.39 is 136 Å². The van der Waals surface area contributed by atoms with Crippen molar-refractivity contribution in [1.82, 2.24) is 58.7 Å². The Morgan fingerprint density at radius 2 is 1.35 bits per heavy atom. The van der Waals surface area contributed by atoms with Crippen molar-refractivity contribution in [1.29, 1.82) is 0 Å². The number of H-pyrrole nitrogens is 2. The number of hydrogen-bond acceptors (Lipinski definition) is 28. The molecule has 78 heavy (non-hydrogen) atoms. The quantitative estimate of drug-likeness (QED) is 0.0229. The number of fused-ring (bicyclic) bond motifs is 3. The number of methoxy groups -OCH3 is 2. The largest absolute Gasteiger partial charge is 0.490 e. The van der Waals surface area contributed by atoms with E-state index in [2.05, 4.69) is 53.6 Å². The molecule has 0 aliphatic carbocycles. The summed E-state index contributed by atoms with van der Waals surface area (Å²) in [6.45, 7) is -2.99. The van der Waals surface area contributed by atoms with Crippen molar-refractivity contribution in [3.05, 3.63) is 46.0 Å². The number of nitrogen functional groups attached to an aromatic ring is 3. The Morgan fingerprint density at radius 1 is 0.731 bits per heavy atom. The molecule has 9 rings (SSSR count). The van der Waals surface area contributed by atoms with Crippen molar-refractivity contribution in [2.24, 2.45) is 13.0 Å². The van der Waals surface area contributed by atoms with Gasteiger partial charge in [0.25, 0.3) is 17.1 Å². The highest BCUT2D eigenvalue weighted by atomic mass is 31.3. The van der Waals surface area contributed by atoms with Gasteiger partial charge < -0.3 is 75.8 Å². The molecule has 0 amide bonds. The minimum absolute atomic E-state index is 0.00318. The van der Waals surface area contributed by atoms with Crippen molar-refractivity contribution >= 4 is 82.4 Å². The predicted molar refractivity (Wildman–Crippen MR) is 255 cm³/mol. The van der Waals surface area contributed by atoms with Crippen molar-refractivity contribution < 1.29 is 104 Å². The van der Waals surface area contributed by atoms with Crippen LogP contribution >= 0.6 is 31.2 Å². The van der Waals surface area contributed by atoms with E-state index in [0.29, 0.717) is 0 Å². The molecule has 43 heteroatoms. The van der Waals surface area contributed by atoms with Gasteiger partial charge in [-0.15, -0.1) is 0 Å². The monoisotopic (exact) mass is 1190 g/mol. The van der Waals surface area contributed by atoms with Crippen LogP contribution < -0.4 is 38.0 Å². The van der Waals surface area contributed by atoms with E-state index in [0.717, 1.165) is 24.3 Å². The second kappa shape index (κ2) is 22.1. The zero-order valence-electron chi connectivity index (χ0n) is 40.4. The molecule has 39 nitrogen and oxygen atoms in total. The van der Waals surface area contributed by atoms with E-state index in [1.54, 1.807) is 0 Å². The number of phosphoric ester groups is 2. The number of anilines is 3. The summed E-state index contributed by atoms with van der Waals surface area (Å²) in [5.41, 5.74) is 15.9. The van der Waals surface area contributed by atoms with Gasteiger partial charge in [-0.1, -0.05) is 4.98 Å². The molecule has 0 saturated carbocycles. The molecule has 0 bridgehead atoms. The van der Waals surface area contributed by atoms with E-state index in [4.69, 9.17) is 54.5 Å². The molecule has 3 fully saturated rings. The molecule has 0 radical (unpaired) electrons. The van der Waals surface area contributed by atoms with Gasteiger partial charge in [0.1, 0.15) is 48.5 Å². The number of hydrogen-bond donors (Lipinski definition) is 13. The average Bonchev–Trinajstić information content (AvgIpc) is 4.39. The number of rotatable bonds is 22. The number of aliphatic hydroxyl groups excluding tert-OH is 3. The number of nitrogens with two attached hydrogens (primary N) is 3. The number of aryl methyl sites for hydroxylation is 1. The number of nitrogens with one attached hydrogen (secondary N) is 3. The summed E-state index contributed by atoms with van der Waals surface area (Å²) in [5, 5.41) is 35.5. The van der Waals surface area contributed by atoms with Gasteiger partial charge >= 0.3 is 36.9 Å². The molecule has 3 aliphatic heterocycles. The lowest BCUT2D eigenvalue weighted by atomic mass is 9.95. The average molecular weight is 1190 g/mol. The SMILES string of the molecule is COCC[C@H]1[C@@H](O)[C@H]([n+]2cn(C)c3c(=O)[nH]c(N)nc32)O[C@@H]1COP(=O)(O)OP(=O)(O)OP(=O)(O)OC[C@H]1O[C@@H](n2cnc3c(N)ncnc32)[C@H](OC)[C@@H]1NP(=O)(O)OC[C@H]1O[C@@H](n2cnc3c(=O)[nH]c(N)nc32)[C@H](O)[C@@H]1O. The highest BCUT2D eigenvalue weighted by molar-refractivity contribution is 7.66. The van der Waals surface area contributed by atoms with Gasteiger partial charge in [-0.25, -0.2) is 47.9 Å². The topological polar surface area (TPSA) is 554 Å².